The first-order chi connectivity index (χ1) is 9.11. The van der Waals surface area contributed by atoms with Crippen LogP contribution in [0.25, 0.3) is 0 Å². The Morgan fingerprint density at radius 2 is 2.00 bits per heavy atom. The van der Waals surface area contributed by atoms with E-state index in [0.29, 0.717) is 5.02 Å². The number of nitrogens with one attached hydrogen (secondary N) is 1. The predicted octanol–water partition coefficient (Wildman–Crippen LogP) is 4.05. The number of benzene rings is 1. The number of nitrogens with zero attached hydrogens (tertiary/aromatic N) is 1. The molecule has 2 aromatic rings. The van der Waals surface area contributed by atoms with E-state index in [0.717, 1.165) is 12.2 Å². The lowest BCUT2D eigenvalue weighted by Gasteiger charge is -2.20. The van der Waals surface area contributed by atoms with E-state index < -0.39 is 0 Å². The van der Waals surface area contributed by atoms with Gasteiger partial charge in [0.2, 0.25) is 0 Å². The number of hydrogen-bond donors (Lipinski definition) is 1. The first kappa shape index (κ1) is 14.0. The van der Waals surface area contributed by atoms with E-state index in [9.17, 15) is 0 Å². The van der Waals surface area contributed by atoms with Crippen LogP contribution in [0.3, 0.4) is 0 Å². The molecule has 1 N–H and O–H groups in total. The Morgan fingerprint density at radius 1 is 1.21 bits per heavy atom. The number of hydrogen-bond acceptors (Lipinski definition) is 2. The lowest BCUT2D eigenvalue weighted by Crippen LogP contribution is -2.23. The summed E-state index contributed by atoms with van der Waals surface area (Å²) in [7, 11) is 0. The van der Waals surface area contributed by atoms with Crippen molar-refractivity contribution in [1.29, 1.82) is 0 Å². The van der Waals surface area contributed by atoms with Crippen LogP contribution < -0.4 is 5.32 Å². The van der Waals surface area contributed by atoms with Crippen molar-refractivity contribution in [3.8, 4) is 0 Å². The molecule has 1 aromatic carbocycles. The topological polar surface area (TPSA) is 24.9 Å². The van der Waals surface area contributed by atoms with Gasteiger partial charge in [-0.1, -0.05) is 42.3 Å². The van der Waals surface area contributed by atoms with Gasteiger partial charge in [-0.15, -0.1) is 0 Å². The van der Waals surface area contributed by atoms with E-state index in [-0.39, 0.29) is 6.04 Å². The highest BCUT2D eigenvalue weighted by atomic mass is 35.5. The first-order valence-electron chi connectivity index (χ1n) is 6.53. The SMILES string of the molecule is CCNC(c1ccc(Cl)cn1)c1ccc(C)cc1C. The molecule has 0 saturated carbocycles. The molecule has 1 atom stereocenters. The van der Waals surface area contributed by atoms with Gasteiger partial charge in [-0.25, -0.2) is 0 Å². The highest BCUT2D eigenvalue weighted by molar-refractivity contribution is 6.30. The van der Waals surface area contributed by atoms with E-state index in [2.05, 4.69) is 49.3 Å². The first-order valence-corrected chi connectivity index (χ1v) is 6.91. The third kappa shape index (κ3) is 3.34. The lowest BCUT2D eigenvalue weighted by molar-refractivity contribution is 0.612. The van der Waals surface area contributed by atoms with Crippen LogP contribution in [0.2, 0.25) is 5.02 Å². The molecule has 1 heterocycles. The Balaban J connectivity index is 2.41. The van der Waals surface area contributed by atoms with Gasteiger partial charge >= 0.3 is 0 Å². The third-order valence-electron chi connectivity index (χ3n) is 3.19. The molecular weight excluding hydrogens is 256 g/mol. The molecule has 3 heteroatoms. The minimum absolute atomic E-state index is 0.114. The van der Waals surface area contributed by atoms with Gasteiger partial charge in [0.1, 0.15) is 0 Å². The van der Waals surface area contributed by atoms with Crippen LogP contribution >= 0.6 is 11.6 Å². The van der Waals surface area contributed by atoms with Crippen molar-refractivity contribution < 1.29 is 0 Å². The van der Waals surface area contributed by atoms with E-state index in [1.54, 1.807) is 6.20 Å². The molecule has 0 aliphatic heterocycles. The van der Waals surface area contributed by atoms with Crippen molar-refractivity contribution in [1.82, 2.24) is 10.3 Å². The summed E-state index contributed by atoms with van der Waals surface area (Å²) in [5.41, 5.74) is 4.82. The quantitative estimate of drug-likeness (QED) is 0.910. The number of pyridine rings is 1. The molecule has 1 unspecified atom stereocenters. The van der Waals surface area contributed by atoms with E-state index in [1.165, 1.54) is 16.7 Å². The fourth-order valence-corrected chi connectivity index (χ4v) is 2.40. The Labute approximate surface area is 119 Å². The fourth-order valence-electron chi connectivity index (χ4n) is 2.29. The molecule has 0 amide bonds. The summed E-state index contributed by atoms with van der Waals surface area (Å²) in [4.78, 5) is 4.44. The van der Waals surface area contributed by atoms with Crippen LogP contribution in [-0.2, 0) is 0 Å². The largest absolute Gasteiger partial charge is 0.305 e. The monoisotopic (exact) mass is 274 g/mol. The van der Waals surface area contributed by atoms with Gasteiger partial charge in [-0.3, -0.25) is 4.98 Å². The molecule has 0 bridgehead atoms. The number of rotatable bonds is 4. The normalized spacial score (nSPS) is 12.4. The van der Waals surface area contributed by atoms with Crippen LogP contribution in [0.4, 0.5) is 0 Å². The Kier molecular flexibility index (Phi) is 4.56. The zero-order valence-corrected chi connectivity index (χ0v) is 12.3. The van der Waals surface area contributed by atoms with Gasteiger partial charge in [-0.05, 0) is 43.7 Å². The van der Waals surface area contributed by atoms with E-state index >= 15 is 0 Å². The molecule has 2 nitrogen and oxygen atoms in total. The highest BCUT2D eigenvalue weighted by Crippen LogP contribution is 2.25. The van der Waals surface area contributed by atoms with Gasteiger partial charge in [0.25, 0.3) is 0 Å². The minimum Gasteiger partial charge on any atom is -0.305 e. The molecule has 19 heavy (non-hydrogen) atoms. The maximum absolute atomic E-state index is 5.91. The molecule has 2 rings (SSSR count). The minimum atomic E-state index is 0.114. The van der Waals surface area contributed by atoms with Crippen LogP contribution in [0.1, 0.15) is 35.3 Å². The second-order valence-corrected chi connectivity index (χ2v) is 5.19. The Bertz CT molecular complexity index is 549. The summed E-state index contributed by atoms with van der Waals surface area (Å²) < 4.78 is 0. The summed E-state index contributed by atoms with van der Waals surface area (Å²) in [6.07, 6.45) is 1.70. The van der Waals surface area contributed by atoms with Crippen molar-refractivity contribution in [3.05, 3.63) is 63.9 Å². The number of aromatic nitrogens is 1. The van der Waals surface area contributed by atoms with Crippen LogP contribution in [-0.4, -0.2) is 11.5 Å². The van der Waals surface area contributed by atoms with Crippen molar-refractivity contribution >= 4 is 11.6 Å². The maximum atomic E-state index is 5.91. The van der Waals surface area contributed by atoms with Crippen LogP contribution in [0, 0.1) is 13.8 Å². The van der Waals surface area contributed by atoms with Gasteiger partial charge in [0, 0.05) is 6.20 Å². The molecule has 0 spiro atoms. The highest BCUT2D eigenvalue weighted by Gasteiger charge is 2.16. The van der Waals surface area contributed by atoms with E-state index in [4.69, 9.17) is 11.6 Å². The molecule has 0 saturated heterocycles. The van der Waals surface area contributed by atoms with Crippen molar-refractivity contribution in [3.63, 3.8) is 0 Å². The third-order valence-corrected chi connectivity index (χ3v) is 3.41. The summed E-state index contributed by atoms with van der Waals surface area (Å²) in [6, 6.07) is 10.5. The fraction of sp³-hybridized carbons (Fsp3) is 0.312. The maximum Gasteiger partial charge on any atom is 0.0753 e. The second-order valence-electron chi connectivity index (χ2n) is 4.75. The van der Waals surface area contributed by atoms with Gasteiger partial charge in [-0.2, -0.15) is 0 Å². The van der Waals surface area contributed by atoms with Gasteiger partial charge < -0.3 is 5.32 Å². The molecule has 0 fully saturated rings. The van der Waals surface area contributed by atoms with Crippen LogP contribution in [0.5, 0.6) is 0 Å². The lowest BCUT2D eigenvalue weighted by atomic mass is 9.96. The average molecular weight is 275 g/mol. The van der Waals surface area contributed by atoms with Crippen LogP contribution in [0.15, 0.2) is 36.5 Å². The molecular formula is C16H19ClN2. The average Bonchev–Trinajstić information content (AvgIpc) is 2.38. The second kappa shape index (κ2) is 6.18. The van der Waals surface area contributed by atoms with Crippen molar-refractivity contribution in [2.45, 2.75) is 26.8 Å². The van der Waals surface area contributed by atoms with Crippen molar-refractivity contribution in [2.24, 2.45) is 0 Å². The molecule has 1 aromatic heterocycles. The van der Waals surface area contributed by atoms with E-state index in [1.807, 2.05) is 12.1 Å². The summed E-state index contributed by atoms with van der Waals surface area (Å²) in [5.74, 6) is 0. The zero-order chi connectivity index (χ0) is 13.8. The van der Waals surface area contributed by atoms with Gasteiger partial charge in [0.05, 0.1) is 16.8 Å². The predicted molar refractivity (Wildman–Crippen MR) is 80.7 cm³/mol. The van der Waals surface area contributed by atoms with Gasteiger partial charge in [0.15, 0.2) is 0 Å². The molecule has 0 aliphatic rings. The number of halogens is 1. The Morgan fingerprint density at radius 3 is 2.58 bits per heavy atom. The summed E-state index contributed by atoms with van der Waals surface area (Å²) in [6.45, 7) is 7.25. The Hall–Kier alpha value is -1.38. The summed E-state index contributed by atoms with van der Waals surface area (Å²) in [5, 5.41) is 4.16. The zero-order valence-electron chi connectivity index (χ0n) is 11.6. The number of aryl methyl sites for hydroxylation is 2. The molecule has 100 valence electrons. The smallest absolute Gasteiger partial charge is 0.0753 e. The summed E-state index contributed by atoms with van der Waals surface area (Å²) >= 11 is 5.91. The molecule has 0 radical (unpaired) electrons. The molecule has 0 aliphatic carbocycles. The standard InChI is InChI=1S/C16H19ClN2/c1-4-18-16(15-8-6-13(17)10-19-15)14-7-5-11(2)9-12(14)3/h5-10,16,18H,4H2,1-3H3. The van der Waals surface area contributed by atoms with Crippen molar-refractivity contribution in [2.75, 3.05) is 6.54 Å².